The van der Waals surface area contributed by atoms with Crippen LogP contribution in [0.2, 0.25) is 0 Å². The molecule has 2 aliphatic heterocycles. The van der Waals surface area contributed by atoms with Crippen LogP contribution in [-0.2, 0) is 21.6 Å². The van der Waals surface area contributed by atoms with E-state index in [0.29, 0.717) is 24.5 Å². The van der Waals surface area contributed by atoms with Gasteiger partial charge in [-0.05, 0) is 25.2 Å². The van der Waals surface area contributed by atoms with Gasteiger partial charge in [-0.3, -0.25) is 9.48 Å². The molecule has 1 spiro atoms. The Morgan fingerprint density at radius 2 is 2.08 bits per heavy atom. The summed E-state index contributed by atoms with van der Waals surface area (Å²) in [5.74, 6) is 0.732. The molecule has 0 aromatic carbocycles. The number of likely N-dealkylation sites (tertiary alicyclic amines) is 1. The first-order valence-corrected chi connectivity index (χ1v) is 10.1. The lowest BCUT2D eigenvalue weighted by Gasteiger charge is -2.49. The van der Waals surface area contributed by atoms with Gasteiger partial charge in [0.05, 0.1) is 24.1 Å². The zero-order valence-electron chi connectivity index (χ0n) is 13.8. The largest absolute Gasteiger partial charge is 0.381 e. The number of nitrogens with zero attached hydrogens (tertiary/aromatic N) is 3. The van der Waals surface area contributed by atoms with Gasteiger partial charge in [-0.25, -0.2) is 8.42 Å². The van der Waals surface area contributed by atoms with Gasteiger partial charge in [0.15, 0.2) is 9.84 Å². The summed E-state index contributed by atoms with van der Waals surface area (Å²) >= 11 is 0. The number of hydrogen-bond donors (Lipinski definition) is 0. The van der Waals surface area contributed by atoms with E-state index in [1.165, 1.54) is 19.0 Å². The maximum absolute atomic E-state index is 12.6. The van der Waals surface area contributed by atoms with Crippen LogP contribution in [0.25, 0.3) is 0 Å². The average molecular weight is 353 g/mol. The first-order valence-electron chi connectivity index (χ1n) is 8.49. The summed E-state index contributed by atoms with van der Waals surface area (Å²) in [6.45, 7) is 1.79. The average Bonchev–Trinajstić information content (AvgIpc) is 3.14. The zero-order chi connectivity index (χ0) is 16.9. The molecule has 7 nitrogen and oxygen atoms in total. The van der Waals surface area contributed by atoms with Crippen molar-refractivity contribution >= 4 is 15.7 Å². The van der Waals surface area contributed by atoms with E-state index in [2.05, 4.69) is 5.10 Å². The molecule has 8 heteroatoms. The molecule has 1 atom stereocenters. The molecule has 1 aromatic rings. The Morgan fingerprint density at radius 1 is 1.33 bits per heavy atom. The van der Waals surface area contributed by atoms with Gasteiger partial charge in [0.2, 0.25) is 0 Å². The van der Waals surface area contributed by atoms with Crippen LogP contribution in [0.15, 0.2) is 12.4 Å². The molecular weight excluding hydrogens is 330 g/mol. The standard InChI is InChI=1S/C16H23N3O4S/c1-18-7-13(6-17-18)15(20)19-10-16(11-19)14(4-5-24(16,21)22)9-23-8-12-2-3-12/h6-7,12,14H,2-5,8-11H2,1H3. The van der Waals surface area contributed by atoms with Gasteiger partial charge in [0, 0.05) is 38.9 Å². The number of ether oxygens (including phenoxy) is 1. The van der Waals surface area contributed by atoms with Crippen molar-refractivity contribution in [1.29, 1.82) is 0 Å². The third-order valence-electron chi connectivity index (χ3n) is 5.62. The van der Waals surface area contributed by atoms with Crippen molar-refractivity contribution in [3.63, 3.8) is 0 Å². The summed E-state index contributed by atoms with van der Waals surface area (Å²) < 4.78 is 31.7. The maximum Gasteiger partial charge on any atom is 0.257 e. The van der Waals surface area contributed by atoms with Crippen molar-refractivity contribution in [3.8, 4) is 0 Å². The van der Waals surface area contributed by atoms with E-state index in [0.717, 1.165) is 6.61 Å². The summed E-state index contributed by atoms with van der Waals surface area (Å²) in [5.41, 5.74) is 0.504. The van der Waals surface area contributed by atoms with Crippen LogP contribution in [-0.4, -0.2) is 65.8 Å². The van der Waals surface area contributed by atoms with Gasteiger partial charge >= 0.3 is 0 Å². The zero-order valence-corrected chi connectivity index (χ0v) is 14.7. The molecule has 3 fully saturated rings. The SMILES string of the molecule is Cn1cc(C(=O)N2CC3(C2)C(COCC2CC2)CCS3(=O)=O)cn1. The predicted octanol–water partition coefficient (Wildman–Crippen LogP) is 0.476. The number of sulfone groups is 1. The molecule has 1 amide bonds. The van der Waals surface area contributed by atoms with E-state index in [4.69, 9.17) is 4.74 Å². The lowest BCUT2D eigenvalue weighted by Crippen LogP contribution is -2.68. The topological polar surface area (TPSA) is 81.5 Å². The highest BCUT2D eigenvalue weighted by molar-refractivity contribution is 7.93. The third kappa shape index (κ3) is 2.56. The summed E-state index contributed by atoms with van der Waals surface area (Å²) in [6.07, 6.45) is 6.27. The lowest BCUT2D eigenvalue weighted by atomic mass is 9.83. The molecule has 132 valence electrons. The highest BCUT2D eigenvalue weighted by Crippen LogP contribution is 2.45. The molecule has 2 saturated heterocycles. The fourth-order valence-corrected chi connectivity index (χ4v) is 6.23. The van der Waals surface area contributed by atoms with Gasteiger partial charge in [0.1, 0.15) is 4.75 Å². The Balaban J connectivity index is 1.43. The summed E-state index contributed by atoms with van der Waals surface area (Å²) in [4.78, 5) is 14.1. The second kappa shape index (κ2) is 5.56. The van der Waals surface area contributed by atoms with Gasteiger partial charge in [0.25, 0.3) is 5.91 Å². The first-order chi connectivity index (χ1) is 11.4. The molecule has 1 saturated carbocycles. The first kappa shape index (κ1) is 16.1. The van der Waals surface area contributed by atoms with E-state index in [1.807, 2.05) is 0 Å². The number of carbonyl (C=O) groups excluding carboxylic acids is 1. The number of carbonyl (C=O) groups is 1. The Labute approximate surface area is 141 Å². The third-order valence-corrected chi connectivity index (χ3v) is 8.23. The highest BCUT2D eigenvalue weighted by atomic mass is 32.2. The molecule has 1 aromatic heterocycles. The molecule has 0 radical (unpaired) electrons. The van der Waals surface area contributed by atoms with Gasteiger partial charge in [-0.2, -0.15) is 5.10 Å². The minimum Gasteiger partial charge on any atom is -0.381 e. The minimum absolute atomic E-state index is 0.000742. The van der Waals surface area contributed by atoms with E-state index in [1.54, 1.807) is 22.8 Å². The van der Waals surface area contributed by atoms with Gasteiger partial charge in [-0.15, -0.1) is 0 Å². The lowest BCUT2D eigenvalue weighted by molar-refractivity contribution is 0.0228. The number of aryl methyl sites for hydroxylation is 1. The van der Waals surface area contributed by atoms with Crippen molar-refractivity contribution < 1.29 is 17.9 Å². The van der Waals surface area contributed by atoms with Gasteiger partial charge in [-0.1, -0.05) is 0 Å². The van der Waals surface area contributed by atoms with Crippen molar-refractivity contribution in [2.24, 2.45) is 18.9 Å². The van der Waals surface area contributed by atoms with E-state index >= 15 is 0 Å². The number of rotatable bonds is 5. The van der Waals surface area contributed by atoms with Crippen molar-refractivity contribution in [2.75, 3.05) is 32.1 Å². The molecule has 0 bridgehead atoms. The van der Waals surface area contributed by atoms with Crippen LogP contribution in [0.3, 0.4) is 0 Å². The Hall–Kier alpha value is -1.41. The van der Waals surface area contributed by atoms with Crippen LogP contribution in [0, 0.1) is 11.8 Å². The Bertz CT molecular complexity index is 747. The van der Waals surface area contributed by atoms with Crippen molar-refractivity contribution in [3.05, 3.63) is 18.0 Å². The normalized spacial score (nSPS) is 27.4. The summed E-state index contributed by atoms with van der Waals surface area (Å²) in [7, 11) is -1.42. The molecule has 1 unspecified atom stereocenters. The second-order valence-electron chi connectivity index (χ2n) is 7.41. The minimum atomic E-state index is -3.17. The molecule has 1 aliphatic carbocycles. The second-order valence-corrected chi connectivity index (χ2v) is 9.86. The van der Waals surface area contributed by atoms with Gasteiger partial charge < -0.3 is 9.64 Å². The van der Waals surface area contributed by atoms with Crippen LogP contribution < -0.4 is 0 Å². The molecule has 3 aliphatic rings. The number of hydrogen-bond acceptors (Lipinski definition) is 5. The molecule has 24 heavy (non-hydrogen) atoms. The number of aromatic nitrogens is 2. The van der Waals surface area contributed by atoms with Crippen LogP contribution >= 0.6 is 0 Å². The Morgan fingerprint density at radius 3 is 2.71 bits per heavy atom. The highest BCUT2D eigenvalue weighted by Gasteiger charge is 2.62. The summed E-state index contributed by atoms with van der Waals surface area (Å²) in [6, 6.07) is 0. The summed E-state index contributed by atoms with van der Waals surface area (Å²) in [5, 5.41) is 4.00. The smallest absolute Gasteiger partial charge is 0.257 e. The van der Waals surface area contributed by atoms with Crippen LogP contribution in [0.4, 0.5) is 0 Å². The number of amides is 1. The monoisotopic (exact) mass is 353 g/mol. The molecular formula is C16H23N3O4S. The van der Waals surface area contributed by atoms with E-state index in [9.17, 15) is 13.2 Å². The van der Waals surface area contributed by atoms with Crippen LogP contribution in [0.5, 0.6) is 0 Å². The molecule has 3 heterocycles. The van der Waals surface area contributed by atoms with Crippen molar-refractivity contribution in [2.45, 2.75) is 24.0 Å². The quantitative estimate of drug-likeness (QED) is 0.769. The maximum atomic E-state index is 12.6. The fourth-order valence-electron chi connectivity index (χ4n) is 3.83. The predicted molar refractivity (Wildman–Crippen MR) is 87.3 cm³/mol. The Kier molecular flexibility index (Phi) is 3.72. The van der Waals surface area contributed by atoms with E-state index in [-0.39, 0.29) is 30.7 Å². The molecule has 4 rings (SSSR count). The van der Waals surface area contributed by atoms with E-state index < -0.39 is 14.6 Å². The molecule has 0 N–H and O–H groups in total. The van der Waals surface area contributed by atoms with Crippen molar-refractivity contribution in [1.82, 2.24) is 14.7 Å². The van der Waals surface area contributed by atoms with Crippen LogP contribution in [0.1, 0.15) is 29.6 Å². The fraction of sp³-hybridized carbons (Fsp3) is 0.750.